The van der Waals surface area contributed by atoms with Crippen molar-refractivity contribution >= 4 is 28.6 Å². The molecule has 0 atom stereocenters. The van der Waals surface area contributed by atoms with E-state index in [9.17, 15) is 9.90 Å². The highest BCUT2D eigenvalue weighted by molar-refractivity contribution is 7.99. The first kappa shape index (κ1) is 15.8. The van der Waals surface area contributed by atoms with Gasteiger partial charge in [0.1, 0.15) is 0 Å². The van der Waals surface area contributed by atoms with Crippen molar-refractivity contribution in [2.75, 3.05) is 5.75 Å². The number of hydrogen-bond donors (Lipinski definition) is 0. The van der Waals surface area contributed by atoms with Gasteiger partial charge in [0, 0.05) is 27.7 Å². The second-order valence-electron chi connectivity index (χ2n) is 5.10. The second-order valence-corrected chi connectivity index (χ2v) is 6.20. The summed E-state index contributed by atoms with van der Waals surface area (Å²) in [7, 11) is 0. The van der Waals surface area contributed by atoms with Gasteiger partial charge in [-0.2, -0.15) is 0 Å². The van der Waals surface area contributed by atoms with Crippen LogP contribution in [0.15, 0.2) is 29.2 Å². The predicted octanol–water partition coefficient (Wildman–Crippen LogP) is 3.12. The second kappa shape index (κ2) is 7.46. The molecule has 3 nitrogen and oxygen atoms in total. The topological polar surface area (TPSA) is 53.0 Å². The summed E-state index contributed by atoms with van der Waals surface area (Å²) in [6, 6.07) is 8.06. The number of fused-ring (bicyclic) bond motifs is 1. The smallest absolute Gasteiger partial charge is 0.0716 e. The van der Waals surface area contributed by atoms with E-state index >= 15 is 0 Å². The minimum Gasteiger partial charge on any atom is -0.550 e. The number of aliphatic carboxylic acids is 1. The van der Waals surface area contributed by atoms with Gasteiger partial charge in [-0.1, -0.05) is 31.5 Å². The van der Waals surface area contributed by atoms with E-state index in [0.29, 0.717) is 5.75 Å². The van der Waals surface area contributed by atoms with Crippen LogP contribution in [0.25, 0.3) is 10.9 Å². The predicted molar refractivity (Wildman–Crippen MR) is 85.4 cm³/mol. The first-order chi connectivity index (χ1) is 10.1. The molecule has 0 spiro atoms. The minimum absolute atomic E-state index is 0.0770. The Morgan fingerprint density at radius 1 is 1.33 bits per heavy atom. The number of para-hydroxylation sites is 1. The number of pyridine rings is 1. The number of carbonyl (C=O) groups excluding carboxylic acids is 1. The maximum atomic E-state index is 10.6. The first-order valence-corrected chi connectivity index (χ1v) is 8.33. The van der Waals surface area contributed by atoms with E-state index in [0.717, 1.165) is 35.9 Å². The highest BCUT2D eigenvalue weighted by Crippen LogP contribution is 2.33. The van der Waals surface area contributed by atoms with Gasteiger partial charge < -0.3 is 9.90 Å². The quantitative estimate of drug-likeness (QED) is 0.737. The van der Waals surface area contributed by atoms with Gasteiger partial charge in [-0.05, 0) is 37.8 Å². The van der Waals surface area contributed by atoms with Gasteiger partial charge in [0.2, 0.25) is 0 Å². The van der Waals surface area contributed by atoms with Gasteiger partial charge in [-0.3, -0.25) is 4.98 Å². The number of benzene rings is 1. The molecule has 0 N–H and O–H groups in total. The van der Waals surface area contributed by atoms with Crippen LogP contribution < -0.4 is 5.11 Å². The Hall–Kier alpha value is -1.55. The van der Waals surface area contributed by atoms with Crippen molar-refractivity contribution in [1.29, 1.82) is 0 Å². The minimum atomic E-state index is -0.993. The molecule has 1 aromatic carbocycles. The monoisotopic (exact) mass is 302 g/mol. The van der Waals surface area contributed by atoms with Crippen molar-refractivity contribution < 1.29 is 9.90 Å². The average molecular weight is 302 g/mol. The number of unbranched alkanes of at least 4 members (excludes halogenated alkanes) is 1. The Morgan fingerprint density at radius 2 is 2.10 bits per heavy atom. The molecule has 2 aromatic rings. The molecule has 112 valence electrons. The van der Waals surface area contributed by atoms with E-state index in [1.54, 1.807) is 11.8 Å². The van der Waals surface area contributed by atoms with E-state index in [1.807, 2.05) is 25.1 Å². The summed E-state index contributed by atoms with van der Waals surface area (Å²) in [6.07, 6.45) is 3.33. The molecule has 2 rings (SSSR count). The molecule has 4 heteroatoms. The third-order valence-electron chi connectivity index (χ3n) is 3.48. The molecule has 0 fully saturated rings. The van der Waals surface area contributed by atoms with Crippen LogP contribution in [0.4, 0.5) is 0 Å². The molecule has 0 amide bonds. The summed E-state index contributed by atoms with van der Waals surface area (Å²) < 4.78 is 0. The van der Waals surface area contributed by atoms with Crippen LogP contribution in [-0.4, -0.2) is 16.7 Å². The van der Waals surface area contributed by atoms with Crippen LogP contribution in [0.2, 0.25) is 0 Å². The van der Waals surface area contributed by atoms with Crippen LogP contribution in [0.1, 0.15) is 37.4 Å². The molecule has 0 bridgehead atoms. The maximum absolute atomic E-state index is 10.6. The van der Waals surface area contributed by atoms with Gasteiger partial charge in [-0.15, -0.1) is 11.8 Å². The third kappa shape index (κ3) is 3.97. The maximum Gasteiger partial charge on any atom is 0.0716 e. The molecular weight excluding hydrogens is 282 g/mol. The number of aryl methyl sites for hydroxylation is 1. The zero-order valence-electron chi connectivity index (χ0n) is 12.5. The lowest BCUT2D eigenvalue weighted by Gasteiger charge is -2.15. The summed E-state index contributed by atoms with van der Waals surface area (Å²) >= 11 is 1.61. The lowest BCUT2D eigenvalue weighted by molar-refractivity contribution is -0.305. The summed E-state index contributed by atoms with van der Waals surface area (Å²) in [5.74, 6) is -0.456. The molecule has 0 aliphatic carbocycles. The van der Waals surface area contributed by atoms with Crippen molar-refractivity contribution in [3.63, 3.8) is 0 Å². The Bertz CT molecular complexity index is 640. The molecule has 0 radical (unpaired) electrons. The van der Waals surface area contributed by atoms with Crippen LogP contribution in [0.5, 0.6) is 0 Å². The summed E-state index contributed by atoms with van der Waals surface area (Å²) in [4.78, 5) is 16.5. The molecule has 0 aliphatic rings. The molecule has 0 aliphatic heterocycles. The van der Waals surface area contributed by atoms with Crippen molar-refractivity contribution in [1.82, 2.24) is 4.98 Å². The van der Waals surface area contributed by atoms with Gasteiger partial charge in [-0.25, -0.2) is 0 Å². The van der Waals surface area contributed by atoms with Crippen LogP contribution in [0, 0.1) is 6.92 Å². The lowest BCUT2D eigenvalue weighted by atomic mass is 10.0. The Balaban J connectivity index is 2.41. The zero-order chi connectivity index (χ0) is 15.2. The Labute approximate surface area is 129 Å². The van der Waals surface area contributed by atoms with Crippen molar-refractivity contribution in [3.05, 3.63) is 35.5 Å². The normalized spacial score (nSPS) is 11.0. The third-order valence-corrected chi connectivity index (χ3v) is 4.64. The molecule has 0 saturated carbocycles. The van der Waals surface area contributed by atoms with E-state index in [4.69, 9.17) is 4.98 Å². The number of carboxylic acids is 1. The van der Waals surface area contributed by atoms with Gasteiger partial charge in [0.25, 0.3) is 0 Å². The van der Waals surface area contributed by atoms with Crippen molar-refractivity contribution in [2.24, 2.45) is 0 Å². The number of rotatable bonds is 7. The van der Waals surface area contributed by atoms with Crippen LogP contribution in [-0.2, 0) is 11.2 Å². The molecule has 21 heavy (non-hydrogen) atoms. The highest BCUT2D eigenvalue weighted by atomic mass is 32.2. The zero-order valence-corrected chi connectivity index (χ0v) is 13.3. The van der Waals surface area contributed by atoms with Crippen molar-refractivity contribution in [3.8, 4) is 0 Å². The molecule has 1 aromatic heterocycles. The van der Waals surface area contributed by atoms with Gasteiger partial charge in [0.15, 0.2) is 0 Å². The van der Waals surface area contributed by atoms with Crippen LogP contribution in [0.3, 0.4) is 0 Å². The highest BCUT2D eigenvalue weighted by Gasteiger charge is 2.12. The Morgan fingerprint density at radius 3 is 2.81 bits per heavy atom. The lowest BCUT2D eigenvalue weighted by Crippen LogP contribution is -2.22. The number of hydrogen-bond acceptors (Lipinski definition) is 4. The summed E-state index contributed by atoms with van der Waals surface area (Å²) in [6.45, 7) is 4.22. The first-order valence-electron chi connectivity index (χ1n) is 7.34. The number of carboxylic acid groups (broad SMARTS) is 1. The summed E-state index contributed by atoms with van der Waals surface area (Å²) in [5.41, 5.74) is 3.29. The molecular formula is C17H20NO2S-. The SMILES string of the molecule is CCCCc1c(C)nc2ccccc2c1SCCC(=O)[O-]. The van der Waals surface area contributed by atoms with E-state index in [2.05, 4.69) is 13.0 Å². The number of nitrogens with zero attached hydrogens (tertiary/aromatic N) is 1. The van der Waals surface area contributed by atoms with Crippen LogP contribution >= 0.6 is 11.8 Å². The van der Waals surface area contributed by atoms with E-state index < -0.39 is 5.97 Å². The van der Waals surface area contributed by atoms with E-state index in [-0.39, 0.29) is 6.42 Å². The molecule has 1 heterocycles. The fraction of sp³-hybridized carbons (Fsp3) is 0.412. The van der Waals surface area contributed by atoms with E-state index in [1.165, 1.54) is 10.5 Å². The number of aromatic nitrogens is 1. The van der Waals surface area contributed by atoms with Crippen molar-refractivity contribution in [2.45, 2.75) is 44.4 Å². The number of carbonyl (C=O) groups is 1. The largest absolute Gasteiger partial charge is 0.550 e. The van der Waals surface area contributed by atoms with Gasteiger partial charge in [0.05, 0.1) is 5.52 Å². The summed E-state index contributed by atoms with van der Waals surface area (Å²) in [5, 5.41) is 11.8. The number of thioether (sulfide) groups is 1. The fourth-order valence-corrected chi connectivity index (χ4v) is 3.61. The van der Waals surface area contributed by atoms with Gasteiger partial charge >= 0.3 is 0 Å². The fourth-order valence-electron chi connectivity index (χ4n) is 2.39. The average Bonchev–Trinajstić information content (AvgIpc) is 2.46. The standard InChI is InChI=1S/C17H21NO2S/c1-3-4-7-13-12(2)18-15-9-6-5-8-14(15)17(13)21-11-10-16(19)20/h5-6,8-9H,3-4,7,10-11H2,1-2H3,(H,19,20)/p-1. The molecule has 0 saturated heterocycles. The Kier molecular flexibility index (Phi) is 5.62. The molecule has 0 unspecified atom stereocenters.